The van der Waals surface area contributed by atoms with Crippen molar-refractivity contribution in [3.63, 3.8) is 0 Å². The highest BCUT2D eigenvalue weighted by molar-refractivity contribution is 6.29. The maximum atomic E-state index is 11.1. The van der Waals surface area contributed by atoms with Crippen molar-refractivity contribution >= 4 is 23.4 Å². The molecule has 1 fully saturated rings. The molecule has 1 aliphatic rings. The molecule has 5 heteroatoms. The van der Waals surface area contributed by atoms with Crippen LogP contribution in [0.3, 0.4) is 0 Å². The third kappa shape index (κ3) is 3.06. The van der Waals surface area contributed by atoms with Gasteiger partial charge in [0.1, 0.15) is 11.0 Å². The molecular weight excluding hydrogens is 276 g/mol. The molecule has 4 nitrogen and oxygen atoms in total. The summed E-state index contributed by atoms with van der Waals surface area (Å²) < 4.78 is 0. The molecule has 1 saturated heterocycles. The van der Waals surface area contributed by atoms with Crippen molar-refractivity contribution in [1.29, 1.82) is 0 Å². The van der Waals surface area contributed by atoms with Crippen molar-refractivity contribution in [2.24, 2.45) is 5.41 Å². The Labute approximate surface area is 124 Å². The number of nitrogens with zero attached hydrogens (tertiary/aromatic N) is 2. The van der Waals surface area contributed by atoms with Gasteiger partial charge in [0.25, 0.3) is 0 Å². The van der Waals surface area contributed by atoms with E-state index in [1.54, 1.807) is 6.07 Å². The molecule has 0 spiro atoms. The van der Waals surface area contributed by atoms with Crippen molar-refractivity contribution in [2.75, 3.05) is 18.0 Å². The lowest BCUT2D eigenvalue weighted by molar-refractivity contribution is 0.0696. The molecule has 0 aliphatic carbocycles. The molecule has 1 N–H and O–H groups in total. The SMILES string of the molecule is CCC1(CC)CCN(c2cc(C(=O)O)cc(Cl)n2)CC1. The maximum absolute atomic E-state index is 11.1. The predicted octanol–water partition coefficient (Wildman–Crippen LogP) is 3.84. The number of aromatic nitrogens is 1. The van der Waals surface area contributed by atoms with E-state index in [0.717, 1.165) is 25.9 Å². The molecule has 1 aromatic heterocycles. The quantitative estimate of drug-likeness (QED) is 0.858. The first-order valence-electron chi connectivity index (χ1n) is 7.15. The van der Waals surface area contributed by atoms with Gasteiger partial charge in [0, 0.05) is 13.1 Å². The number of carbonyl (C=O) groups is 1. The Hall–Kier alpha value is -1.29. The third-order valence-electron chi connectivity index (χ3n) is 4.68. The zero-order valence-electron chi connectivity index (χ0n) is 12.0. The molecular formula is C15H21ClN2O2. The summed E-state index contributed by atoms with van der Waals surface area (Å²) in [6, 6.07) is 3.00. The van der Waals surface area contributed by atoms with E-state index in [1.807, 2.05) is 0 Å². The molecule has 0 unspecified atom stereocenters. The Kier molecular flexibility index (Phi) is 4.53. The maximum Gasteiger partial charge on any atom is 0.335 e. The Morgan fingerprint density at radius 1 is 1.35 bits per heavy atom. The second kappa shape index (κ2) is 6.00. The smallest absolute Gasteiger partial charge is 0.335 e. The van der Waals surface area contributed by atoms with Crippen LogP contribution < -0.4 is 4.90 Å². The van der Waals surface area contributed by atoms with E-state index in [4.69, 9.17) is 16.7 Å². The van der Waals surface area contributed by atoms with Crippen molar-refractivity contribution in [3.8, 4) is 0 Å². The molecule has 20 heavy (non-hydrogen) atoms. The number of hydrogen-bond donors (Lipinski definition) is 1. The second-order valence-electron chi connectivity index (χ2n) is 5.54. The van der Waals surface area contributed by atoms with Crippen LogP contribution in [0.25, 0.3) is 0 Å². The lowest BCUT2D eigenvalue weighted by atomic mass is 9.74. The molecule has 1 aliphatic heterocycles. The Bertz CT molecular complexity index is 491. The number of piperidine rings is 1. The third-order valence-corrected chi connectivity index (χ3v) is 4.87. The summed E-state index contributed by atoms with van der Waals surface area (Å²) in [5.41, 5.74) is 0.632. The fourth-order valence-electron chi connectivity index (χ4n) is 2.94. The van der Waals surface area contributed by atoms with Crippen molar-refractivity contribution in [3.05, 3.63) is 22.8 Å². The Morgan fingerprint density at radius 2 is 1.95 bits per heavy atom. The van der Waals surface area contributed by atoms with E-state index in [-0.39, 0.29) is 10.7 Å². The average molecular weight is 297 g/mol. The lowest BCUT2D eigenvalue weighted by Crippen LogP contribution is -2.40. The first-order chi connectivity index (χ1) is 9.49. The molecule has 2 heterocycles. The predicted molar refractivity (Wildman–Crippen MR) is 80.7 cm³/mol. The van der Waals surface area contributed by atoms with Crippen molar-refractivity contribution in [1.82, 2.24) is 4.98 Å². The number of hydrogen-bond acceptors (Lipinski definition) is 3. The normalized spacial score (nSPS) is 18.1. The number of rotatable bonds is 4. The van der Waals surface area contributed by atoms with Gasteiger partial charge in [-0.25, -0.2) is 9.78 Å². The van der Waals surface area contributed by atoms with Crippen LogP contribution in [0.4, 0.5) is 5.82 Å². The van der Waals surface area contributed by atoms with Crippen LogP contribution >= 0.6 is 11.6 Å². The standard InChI is InChI=1S/C15H21ClN2O2/c1-3-15(4-2)5-7-18(8-6-15)13-10-11(14(19)20)9-12(16)17-13/h9-10H,3-8H2,1-2H3,(H,19,20). The van der Waals surface area contributed by atoms with Gasteiger partial charge in [0.15, 0.2) is 0 Å². The number of anilines is 1. The van der Waals surface area contributed by atoms with Crippen LogP contribution in [0.15, 0.2) is 12.1 Å². The zero-order valence-corrected chi connectivity index (χ0v) is 12.8. The molecule has 0 saturated carbocycles. The largest absolute Gasteiger partial charge is 0.478 e. The van der Waals surface area contributed by atoms with Crippen LogP contribution in [0.1, 0.15) is 49.9 Å². The highest BCUT2D eigenvalue weighted by Crippen LogP contribution is 2.39. The van der Waals surface area contributed by atoms with Gasteiger partial charge in [-0.1, -0.05) is 38.3 Å². The summed E-state index contributed by atoms with van der Waals surface area (Å²) >= 11 is 5.92. The molecule has 0 atom stereocenters. The van der Waals surface area contributed by atoms with Crippen molar-refractivity contribution in [2.45, 2.75) is 39.5 Å². The van der Waals surface area contributed by atoms with E-state index in [1.165, 1.54) is 18.9 Å². The molecule has 0 radical (unpaired) electrons. The van der Waals surface area contributed by atoms with Crippen molar-refractivity contribution < 1.29 is 9.90 Å². The highest BCUT2D eigenvalue weighted by atomic mass is 35.5. The fraction of sp³-hybridized carbons (Fsp3) is 0.600. The Balaban J connectivity index is 2.16. The molecule has 110 valence electrons. The fourth-order valence-corrected chi connectivity index (χ4v) is 3.14. The number of carboxylic acids is 1. The minimum absolute atomic E-state index is 0.197. The van der Waals surface area contributed by atoms with E-state index >= 15 is 0 Å². The van der Waals surface area contributed by atoms with E-state index in [9.17, 15) is 4.79 Å². The summed E-state index contributed by atoms with van der Waals surface area (Å²) in [7, 11) is 0. The average Bonchev–Trinajstić information content (AvgIpc) is 2.46. The number of aromatic carboxylic acids is 1. The van der Waals surface area contributed by atoms with Crippen LogP contribution in [-0.2, 0) is 0 Å². The number of carboxylic acid groups (broad SMARTS) is 1. The molecule has 0 bridgehead atoms. The van der Waals surface area contributed by atoms with Gasteiger partial charge in [-0.2, -0.15) is 0 Å². The summed E-state index contributed by atoms with van der Waals surface area (Å²) in [6.45, 7) is 6.32. The lowest BCUT2D eigenvalue weighted by Gasteiger charge is -2.41. The van der Waals surface area contributed by atoms with Gasteiger partial charge in [0.05, 0.1) is 5.56 Å². The molecule has 0 amide bonds. The van der Waals surface area contributed by atoms with E-state index in [2.05, 4.69) is 23.7 Å². The monoisotopic (exact) mass is 296 g/mol. The van der Waals surface area contributed by atoms with E-state index < -0.39 is 5.97 Å². The molecule has 2 rings (SSSR count). The van der Waals surface area contributed by atoms with Crippen LogP contribution in [0.2, 0.25) is 5.15 Å². The molecule has 0 aromatic carbocycles. The van der Waals surface area contributed by atoms with Gasteiger partial charge in [-0.3, -0.25) is 0 Å². The minimum Gasteiger partial charge on any atom is -0.478 e. The second-order valence-corrected chi connectivity index (χ2v) is 5.92. The van der Waals surface area contributed by atoms with Gasteiger partial charge >= 0.3 is 5.97 Å². The topological polar surface area (TPSA) is 53.4 Å². The van der Waals surface area contributed by atoms with Gasteiger partial charge < -0.3 is 10.0 Å². The molecule has 1 aromatic rings. The first-order valence-corrected chi connectivity index (χ1v) is 7.53. The number of halogens is 1. The zero-order chi connectivity index (χ0) is 14.8. The number of pyridine rings is 1. The summed E-state index contributed by atoms with van der Waals surface area (Å²) in [6.07, 6.45) is 4.63. The summed E-state index contributed by atoms with van der Waals surface area (Å²) in [5, 5.41) is 9.32. The van der Waals surface area contributed by atoms with Gasteiger partial charge in [0.2, 0.25) is 0 Å². The Morgan fingerprint density at radius 3 is 2.45 bits per heavy atom. The van der Waals surface area contributed by atoms with Crippen LogP contribution in [-0.4, -0.2) is 29.1 Å². The van der Waals surface area contributed by atoms with Gasteiger partial charge in [-0.05, 0) is 30.4 Å². The van der Waals surface area contributed by atoms with E-state index in [0.29, 0.717) is 11.2 Å². The highest BCUT2D eigenvalue weighted by Gasteiger charge is 2.31. The summed E-state index contributed by atoms with van der Waals surface area (Å²) in [4.78, 5) is 17.5. The minimum atomic E-state index is -0.968. The summed E-state index contributed by atoms with van der Waals surface area (Å²) in [5.74, 6) is -0.292. The van der Waals surface area contributed by atoms with Crippen LogP contribution in [0.5, 0.6) is 0 Å². The van der Waals surface area contributed by atoms with Gasteiger partial charge in [-0.15, -0.1) is 0 Å². The van der Waals surface area contributed by atoms with Crippen LogP contribution in [0, 0.1) is 5.41 Å². The first kappa shape index (κ1) is 15.1.